The van der Waals surface area contributed by atoms with Crippen LogP contribution in [0.5, 0.6) is 0 Å². The van der Waals surface area contributed by atoms with Crippen molar-refractivity contribution in [3.8, 4) is 0 Å². The largest absolute Gasteiger partial charge is 0.376 e. The number of anilines is 1. The number of carbonyl (C=O) groups excluding carboxylic acids is 1. The molecule has 6 nitrogen and oxygen atoms in total. The SMILES string of the molecule is Cc1ccccc1CNC(=O)CNc1cc(S(=O)(=O)N(C)C)ccc1C. The molecule has 0 aliphatic rings. The van der Waals surface area contributed by atoms with Gasteiger partial charge in [-0.25, -0.2) is 12.7 Å². The molecule has 0 atom stereocenters. The molecule has 7 heteroatoms. The molecular formula is C19H25N3O3S. The maximum absolute atomic E-state index is 12.2. The second kappa shape index (κ2) is 8.33. The number of nitrogens with zero attached hydrogens (tertiary/aromatic N) is 1. The molecule has 0 spiro atoms. The molecule has 0 unspecified atom stereocenters. The summed E-state index contributed by atoms with van der Waals surface area (Å²) in [6.45, 7) is 4.39. The fraction of sp³-hybridized carbons (Fsp3) is 0.316. The van der Waals surface area contributed by atoms with Gasteiger partial charge in [0, 0.05) is 26.3 Å². The highest BCUT2D eigenvalue weighted by Crippen LogP contribution is 2.21. The highest BCUT2D eigenvalue weighted by atomic mass is 32.2. The fourth-order valence-electron chi connectivity index (χ4n) is 2.40. The van der Waals surface area contributed by atoms with Gasteiger partial charge in [0.15, 0.2) is 0 Å². The van der Waals surface area contributed by atoms with E-state index in [1.165, 1.54) is 14.1 Å². The van der Waals surface area contributed by atoms with Crippen LogP contribution in [0.25, 0.3) is 0 Å². The molecular weight excluding hydrogens is 350 g/mol. The van der Waals surface area contributed by atoms with Gasteiger partial charge in [0.25, 0.3) is 0 Å². The summed E-state index contributed by atoms with van der Waals surface area (Å²) in [5, 5.41) is 5.88. The van der Waals surface area contributed by atoms with Crippen LogP contribution < -0.4 is 10.6 Å². The average molecular weight is 375 g/mol. The molecule has 0 bridgehead atoms. The van der Waals surface area contributed by atoms with Crippen molar-refractivity contribution in [2.45, 2.75) is 25.3 Å². The van der Waals surface area contributed by atoms with Gasteiger partial charge in [-0.05, 0) is 42.7 Å². The lowest BCUT2D eigenvalue weighted by atomic mass is 10.1. The lowest BCUT2D eigenvalue weighted by molar-refractivity contribution is -0.119. The van der Waals surface area contributed by atoms with Crippen LogP contribution in [0, 0.1) is 13.8 Å². The van der Waals surface area contributed by atoms with E-state index in [0.717, 1.165) is 21.0 Å². The maximum atomic E-state index is 12.2. The summed E-state index contributed by atoms with van der Waals surface area (Å²) in [7, 11) is -0.538. The second-order valence-corrected chi connectivity index (χ2v) is 8.47. The Hall–Kier alpha value is -2.38. The average Bonchev–Trinajstić information content (AvgIpc) is 2.60. The number of aryl methyl sites for hydroxylation is 2. The van der Waals surface area contributed by atoms with E-state index in [9.17, 15) is 13.2 Å². The van der Waals surface area contributed by atoms with E-state index in [4.69, 9.17) is 0 Å². The molecule has 140 valence electrons. The first-order chi connectivity index (χ1) is 12.2. The van der Waals surface area contributed by atoms with Crippen molar-refractivity contribution >= 4 is 21.6 Å². The lowest BCUT2D eigenvalue weighted by Crippen LogP contribution is -2.30. The van der Waals surface area contributed by atoms with E-state index in [2.05, 4.69) is 10.6 Å². The molecule has 0 heterocycles. The summed E-state index contributed by atoms with van der Waals surface area (Å²) in [6.07, 6.45) is 0. The number of rotatable bonds is 7. The van der Waals surface area contributed by atoms with Crippen LogP contribution in [0.3, 0.4) is 0 Å². The summed E-state index contributed by atoms with van der Waals surface area (Å²) >= 11 is 0. The van der Waals surface area contributed by atoms with Crippen LogP contribution in [0.1, 0.15) is 16.7 Å². The third kappa shape index (κ3) is 4.83. The van der Waals surface area contributed by atoms with Gasteiger partial charge >= 0.3 is 0 Å². The van der Waals surface area contributed by atoms with E-state index >= 15 is 0 Å². The molecule has 0 aliphatic heterocycles. The smallest absolute Gasteiger partial charge is 0.242 e. The van der Waals surface area contributed by atoms with Gasteiger partial charge in [-0.1, -0.05) is 30.3 Å². The van der Waals surface area contributed by atoms with Gasteiger partial charge in [0.05, 0.1) is 11.4 Å². The third-order valence-corrected chi connectivity index (χ3v) is 5.98. The number of nitrogens with one attached hydrogen (secondary N) is 2. The van der Waals surface area contributed by atoms with Gasteiger partial charge in [-0.15, -0.1) is 0 Å². The van der Waals surface area contributed by atoms with Crippen molar-refractivity contribution in [2.75, 3.05) is 26.0 Å². The molecule has 2 N–H and O–H groups in total. The van der Waals surface area contributed by atoms with E-state index in [-0.39, 0.29) is 17.3 Å². The number of hydrogen-bond donors (Lipinski definition) is 2. The Kier molecular flexibility index (Phi) is 6.39. The first kappa shape index (κ1) is 19.9. The quantitative estimate of drug-likeness (QED) is 0.778. The number of amides is 1. The van der Waals surface area contributed by atoms with E-state index in [1.807, 2.05) is 38.1 Å². The zero-order valence-electron chi connectivity index (χ0n) is 15.5. The Labute approximate surface area is 155 Å². The van der Waals surface area contributed by atoms with Gasteiger partial charge in [-0.2, -0.15) is 0 Å². The van der Waals surface area contributed by atoms with Crippen molar-refractivity contribution in [1.29, 1.82) is 0 Å². The molecule has 2 rings (SSSR count). The van der Waals surface area contributed by atoms with Crippen molar-refractivity contribution in [2.24, 2.45) is 0 Å². The predicted octanol–water partition coefficient (Wildman–Crippen LogP) is 2.28. The minimum absolute atomic E-state index is 0.0676. The summed E-state index contributed by atoms with van der Waals surface area (Å²) < 4.78 is 25.7. The Morgan fingerprint density at radius 1 is 1.04 bits per heavy atom. The molecule has 0 fully saturated rings. The van der Waals surface area contributed by atoms with Gasteiger partial charge in [0.1, 0.15) is 0 Å². The maximum Gasteiger partial charge on any atom is 0.242 e. The van der Waals surface area contributed by atoms with Crippen LogP contribution in [-0.4, -0.2) is 39.3 Å². The standard InChI is InChI=1S/C19H25N3O3S/c1-14-7-5-6-8-16(14)12-21-19(23)13-20-18-11-17(10-9-15(18)2)26(24,25)22(3)4/h5-11,20H,12-13H2,1-4H3,(H,21,23). The molecule has 2 aromatic rings. The predicted molar refractivity (Wildman–Crippen MR) is 104 cm³/mol. The van der Waals surface area contributed by atoms with Crippen molar-refractivity contribution in [1.82, 2.24) is 9.62 Å². The van der Waals surface area contributed by atoms with E-state index in [1.54, 1.807) is 18.2 Å². The molecule has 26 heavy (non-hydrogen) atoms. The summed E-state index contributed by atoms with van der Waals surface area (Å²) in [5.41, 5.74) is 3.68. The first-order valence-corrected chi connectivity index (χ1v) is 9.74. The minimum atomic E-state index is -3.51. The molecule has 1 amide bonds. The molecule has 0 aromatic heterocycles. The Balaban J connectivity index is 2.00. The molecule has 0 radical (unpaired) electrons. The molecule has 0 aliphatic carbocycles. The zero-order chi connectivity index (χ0) is 19.3. The lowest BCUT2D eigenvalue weighted by Gasteiger charge is -2.15. The number of hydrogen-bond acceptors (Lipinski definition) is 4. The number of sulfonamides is 1. The van der Waals surface area contributed by atoms with Crippen LogP contribution >= 0.6 is 0 Å². The van der Waals surface area contributed by atoms with Gasteiger partial charge in [0.2, 0.25) is 15.9 Å². The highest BCUT2D eigenvalue weighted by molar-refractivity contribution is 7.89. The highest BCUT2D eigenvalue weighted by Gasteiger charge is 2.18. The molecule has 0 saturated carbocycles. The normalized spacial score (nSPS) is 11.4. The first-order valence-electron chi connectivity index (χ1n) is 8.30. The monoisotopic (exact) mass is 375 g/mol. The van der Waals surface area contributed by atoms with Crippen molar-refractivity contribution in [3.05, 3.63) is 59.2 Å². The number of carbonyl (C=O) groups is 1. The summed E-state index contributed by atoms with van der Waals surface area (Å²) in [6, 6.07) is 12.7. The Morgan fingerprint density at radius 2 is 1.73 bits per heavy atom. The minimum Gasteiger partial charge on any atom is -0.376 e. The van der Waals surface area contributed by atoms with Crippen LogP contribution in [-0.2, 0) is 21.4 Å². The van der Waals surface area contributed by atoms with Crippen molar-refractivity contribution in [3.63, 3.8) is 0 Å². The van der Waals surface area contributed by atoms with Crippen molar-refractivity contribution < 1.29 is 13.2 Å². The fourth-order valence-corrected chi connectivity index (χ4v) is 3.33. The van der Waals surface area contributed by atoms with E-state index < -0.39 is 10.0 Å². The van der Waals surface area contributed by atoms with Crippen LogP contribution in [0.4, 0.5) is 5.69 Å². The zero-order valence-corrected chi connectivity index (χ0v) is 16.4. The second-order valence-electron chi connectivity index (χ2n) is 6.32. The Bertz CT molecular complexity index is 893. The Morgan fingerprint density at radius 3 is 2.38 bits per heavy atom. The van der Waals surface area contributed by atoms with Crippen LogP contribution in [0.15, 0.2) is 47.4 Å². The number of benzene rings is 2. The van der Waals surface area contributed by atoms with Gasteiger partial charge in [-0.3, -0.25) is 4.79 Å². The van der Waals surface area contributed by atoms with Gasteiger partial charge < -0.3 is 10.6 Å². The summed E-state index contributed by atoms with van der Waals surface area (Å²) in [5.74, 6) is -0.159. The topological polar surface area (TPSA) is 78.5 Å². The summed E-state index contributed by atoms with van der Waals surface area (Å²) in [4.78, 5) is 12.3. The van der Waals surface area contributed by atoms with Crippen LogP contribution in [0.2, 0.25) is 0 Å². The molecule has 0 saturated heterocycles. The third-order valence-electron chi connectivity index (χ3n) is 4.16. The van der Waals surface area contributed by atoms with E-state index in [0.29, 0.717) is 12.2 Å². The molecule has 2 aromatic carbocycles.